The molecular formula is C16H24N2O3. The number of nitro benzene ring substituents is 1. The maximum absolute atomic E-state index is 11.1. The zero-order valence-corrected chi connectivity index (χ0v) is 13.0. The Morgan fingerprint density at radius 3 is 2.86 bits per heavy atom. The van der Waals surface area contributed by atoms with Crippen LogP contribution in [-0.4, -0.2) is 23.7 Å². The Labute approximate surface area is 125 Å². The third-order valence-corrected chi connectivity index (χ3v) is 4.09. The predicted molar refractivity (Wildman–Crippen MR) is 83.7 cm³/mol. The molecule has 0 saturated carbocycles. The van der Waals surface area contributed by atoms with E-state index in [4.69, 9.17) is 4.74 Å². The highest BCUT2D eigenvalue weighted by Crippen LogP contribution is 2.27. The number of hydrogen-bond donors (Lipinski definition) is 1. The zero-order chi connectivity index (χ0) is 15.4. The Balaban J connectivity index is 2.09. The van der Waals surface area contributed by atoms with E-state index in [9.17, 15) is 10.1 Å². The molecule has 0 spiro atoms. The van der Waals surface area contributed by atoms with Crippen LogP contribution in [0.3, 0.4) is 0 Å². The number of ether oxygens (including phenoxy) is 1. The molecule has 2 unspecified atom stereocenters. The van der Waals surface area contributed by atoms with Crippen LogP contribution in [-0.2, 0) is 11.2 Å². The number of rotatable bonds is 5. The summed E-state index contributed by atoms with van der Waals surface area (Å²) in [6.07, 6.45) is 2.82. The third kappa shape index (κ3) is 3.94. The van der Waals surface area contributed by atoms with Crippen molar-refractivity contribution >= 4 is 11.4 Å². The molecule has 116 valence electrons. The van der Waals surface area contributed by atoms with Gasteiger partial charge in [-0.3, -0.25) is 10.1 Å². The van der Waals surface area contributed by atoms with Gasteiger partial charge in [0.1, 0.15) is 0 Å². The Morgan fingerprint density at radius 2 is 2.24 bits per heavy atom. The standard InChI is InChI=1S/C16H24N2O3/c1-4-12-5-6-13(9-15(12)18(19)20)17-14-7-8-21-16(10-14)11(2)3/h5-6,9,11,14,16-17H,4,7-8,10H2,1-3H3. The van der Waals surface area contributed by atoms with Gasteiger partial charge in [0.25, 0.3) is 5.69 Å². The van der Waals surface area contributed by atoms with Crippen molar-refractivity contribution in [1.82, 2.24) is 0 Å². The van der Waals surface area contributed by atoms with Crippen LogP contribution in [0, 0.1) is 16.0 Å². The van der Waals surface area contributed by atoms with Gasteiger partial charge < -0.3 is 10.1 Å². The molecule has 1 aromatic rings. The van der Waals surface area contributed by atoms with E-state index in [0.717, 1.165) is 30.7 Å². The summed E-state index contributed by atoms with van der Waals surface area (Å²) in [7, 11) is 0. The van der Waals surface area contributed by atoms with Gasteiger partial charge in [-0.15, -0.1) is 0 Å². The molecule has 0 amide bonds. The molecule has 1 saturated heterocycles. The average molecular weight is 292 g/mol. The van der Waals surface area contributed by atoms with Crippen molar-refractivity contribution in [3.05, 3.63) is 33.9 Å². The van der Waals surface area contributed by atoms with E-state index >= 15 is 0 Å². The lowest BCUT2D eigenvalue weighted by atomic mass is 9.95. The summed E-state index contributed by atoms with van der Waals surface area (Å²) in [5, 5.41) is 14.6. The van der Waals surface area contributed by atoms with E-state index in [-0.39, 0.29) is 16.7 Å². The largest absolute Gasteiger partial charge is 0.382 e. The highest BCUT2D eigenvalue weighted by molar-refractivity contribution is 5.55. The molecule has 5 heteroatoms. The van der Waals surface area contributed by atoms with Gasteiger partial charge in [-0.1, -0.05) is 26.8 Å². The van der Waals surface area contributed by atoms with E-state index in [2.05, 4.69) is 19.2 Å². The zero-order valence-electron chi connectivity index (χ0n) is 13.0. The first-order valence-corrected chi connectivity index (χ1v) is 7.66. The first kappa shape index (κ1) is 15.8. The maximum atomic E-state index is 11.1. The molecule has 1 N–H and O–H groups in total. The molecule has 0 radical (unpaired) electrons. The molecule has 21 heavy (non-hydrogen) atoms. The fourth-order valence-corrected chi connectivity index (χ4v) is 2.78. The minimum Gasteiger partial charge on any atom is -0.382 e. The summed E-state index contributed by atoms with van der Waals surface area (Å²) in [6.45, 7) is 7.00. The molecule has 1 aliphatic rings. The van der Waals surface area contributed by atoms with Crippen LogP contribution >= 0.6 is 0 Å². The van der Waals surface area contributed by atoms with E-state index in [1.165, 1.54) is 0 Å². The van der Waals surface area contributed by atoms with Gasteiger partial charge in [-0.25, -0.2) is 0 Å². The number of nitro groups is 1. The van der Waals surface area contributed by atoms with Crippen molar-refractivity contribution in [1.29, 1.82) is 0 Å². The second-order valence-corrected chi connectivity index (χ2v) is 5.97. The normalized spacial score (nSPS) is 22.3. The minimum atomic E-state index is -0.301. The molecule has 1 heterocycles. The van der Waals surface area contributed by atoms with Crippen LogP contribution in [0.15, 0.2) is 18.2 Å². The smallest absolute Gasteiger partial charge is 0.274 e. The van der Waals surface area contributed by atoms with Gasteiger partial charge in [0.15, 0.2) is 0 Å². The second kappa shape index (κ2) is 6.89. The molecule has 0 aromatic heterocycles. The van der Waals surface area contributed by atoms with E-state index < -0.39 is 0 Å². The van der Waals surface area contributed by atoms with Crippen molar-refractivity contribution in [2.75, 3.05) is 11.9 Å². The van der Waals surface area contributed by atoms with Crippen molar-refractivity contribution in [2.45, 2.75) is 52.2 Å². The lowest BCUT2D eigenvalue weighted by Crippen LogP contribution is -2.36. The van der Waals surface area contributed by atoms with Crippen LogP contribution in [0.1, 0.15) is 39.2 Å². The summed E-state index contributed by atoms with van der Waals surface area (Å²) in [5.41, 5.74) is 1.81. The highest BCUT2D eigenvalue weighted by Gasteiger charge is 2.25. The highest BCUT2D eigenvalue weighted by atomic mass is 16.6. The second-order valence-electron chi connectivity index (χ2n) is 5.97. The van der Waals surface area contributed by atoms with Crippen molar-refractivity contribution in [3.8, 4) is 0 Å². The fraction of sp³-hybridized carbons (Fsp3) is 0.625. The van der Waals surface area contributed by atoms with Gasteiger partial charge in [-0.05, 0) is 31.2 Å². The van der Waals surface area contributed by atoms with Crippen LogP contribution in [0.25, 0.3) is 0 Å². The van der Waals surface area contributed by atoms with Crippen LogP contribution in [0.2, 0.25) is 0 Å². The topological polar surface area (TPSA) is 64.4 Å². The van der Waals surface area contributed by atoms with Gasteiger partial charge >= 0.3 is 0 Å². The van der Waals surface area contributed by atoms with Crippen LogP contribution in [0.4, 0.5) is 11.4 Å². The maximum Gasteiger partial charge on any atom is 0.274 e. The lowest BCUT2D eigenvalue weighted by molar-refractivity contribution is -0.385. The van der Waals surface area contributed by atoms with Gasteiger partial charge in [0.05, 0.1) is 11.0 Å². The molecule has 1 aromatic carbocycles. The Morgan fingerprint density at radius 1 is 1.48 bits per heavy atom. The fourth-order valence-electron chi connectivity index (χ4n) is 2.78. The molecule has 1 aliphatic heterocycles. The quantitative estimate of drug-likeness (QED) is 0.662. The van der Waals surface area contributed by atoms with Gasteiger partial charge in [0, 0.05) is 30.0 Å². The Kier molecular flexibility index (Phi) is 5.17. The molecular weight excluding hydrogens is 268 g/mol. The van der Waals surface area contributed by atoms with Gasteiger partial charge in [0.2, 0.25) is 0 Å². The van der Waals surface area contributed by atoms with Crippen LogP contribution < -0.4 is 5.32 Å². The van der Waals surface area contributed by atoms with Crippen molar-refractivity contribution in [2.24, 2.45) is 5.92 Å². The first-order chi connectivity index (χ1) is 10.0. The molecule has 1 fully saturated rings. The summed E-state index contributed by atoms with van der Waals surface area (Å²) in [4.78, 5) is 10.8. The Bertz CT molecular complexity index is 502. The summed E-state index contributed by atoms with van der Waals surface area (Å²) < 4.78 is 5.76. The molecule has 5 nitrogen and oxygen atoms in total. The Hall–Kier alpha value is -1.62. The van der Waals surface area contributed by atoms with E-state index in [0.29, 0.717) is 18.4 Å². The summed E-state index contributed by atoms with van der Waals surface area (Å²) >= 11 is 0. The van der Waals surface area contributed by atoms with Crippen LogP contribution in [0.5, 0.6) is 0 Å². The lowest BCUT2D eigenvalue weighted by Gasteiger charge is -2.32. The molecule has 0 bridgehead atoms. The first-order valence-electron chi connectivity index (χ1n) is 7.66. The number of anilines is 1. The predicted octanol–water partition coefficient (Wildman–Crippen LogP) is 3.77. The van der Waals surface area contributed by atoms with E-state index in [1.807, 2.05) is 19.1 Å². The number of nitrogens with zero attached hydrogens (tertiary/aromatic N) is 1. The third-order valence-electron chi connectivity index (χ3n) is 4.09. The summed E-state index contributed by atoms with van der Waals surface area (Å²) in [6, 6.07) is 5.75. The number of nitrogens with one attached hydrogen (secondary N) is 1. The molecule has 2 rings (SSSR count). The van der Waals surface area contributed by atoms with Crippen molar-refractivity contribution < 1.29 is 9.66 Å². The monoisotopic (exact) mass is 292 g/mol. The average Bonchev–Trinajstić information content (AvgIpc) is 2.47. The van der Waals surface area contributed by atoms with Crippen molar-refractivity contribution in [3.63, 3.8) is 0 Å². The number of benzene rings is 1. The summed E-state index contributed by atoms with van der Waals surface area (Å²) in [5.74, 6) is 0.492. The minimum absolute atomic E-state index is 0.204. The SMILES string of the molecule is CCc1ccc(NC2CCOC(C(C)C)C2)cc1[N+](=O)[O-]. The number of hydrogen-bond acceptors (Lipinski definition) is 4. The van der Waals surface area contributed by atoms with E-state index in [1.54, 1.807) is 6.07 Å². The molecule has 2 atom stereocenters. The van der Waals surface area contributed by atoms with Gasteiger partial charge in [-0.2, -0.15) is 0 Å². The number of aryl methyl sites for hydroxylation is 1. The molecule has 0 aliphatic carbocycles.